The molecule has 0 unspecified atom stereocenters. The summed E-state index contributed by atoms with van der Waals surface area (Å²) in [7, 11) is 1.59. The minimum atomic E-state index is -0.283. The number of ether oxygens (including phenoxy) is 1. The van der Waals surface area contributed by atoms with Gasteiger partial charge in [0.15, 0.2) is 0 Å². The fraction of sp³-hybridized carbons (Fsp3) is 0.375. The van der Waals surface area contributed by atoms with Crippen LogP contribution in [0, 0.1) is 0 Å². The van der Waals surface area contributed by atoms with Gasteiger partial charge in [-0.2, -0.15) is 5.10 Å². The van der Waals surface area contributed by atoms with Crippen LogP contribution in [0.1, 0.15) is 18.6 Å². The van der Waals surface area contributed by atoms with E-state index in [1.165, 1.54) is 4.68 Å². The fourth-order valence-electron chi connectivity index (χ4n) is 2.72. The number of hydrogen-bond acceptors (Lipinski definition) is 4. The number of morpholine rings is 1. The molecule has 22 heavy (non-hydrogen) atoms. The zero-order chi connectivity index (χ0) is 15.7. The zero-order valence-electron chi connectivity index (χ0n) is 12.6. The molecule has 3 rings (SSSR count). The number of aryl methyl sites for hydroxylation is 1. The van der Waals surface area contributed by atoms with Crippen molar-refractivity contribution in [3.05, 3.63) is 57.5 Å². The summed E-state index contributed by atoms with van der Waals surface area (Å²) < 4.78 is 7.27. The van der Waals surface area contributed by atoms with Gasteiger partial charge in [0.2, 0.25) is 0 Å². The molecule has 5 nitrogen and oxygen atoms in total. The smallest absolute Gasteiger partial charge is 0.287 e. The van der Waals surface area contributed by atoms with Crippen molar-refractivity contribution in [1.82, 2.24) is 9.78 Å². The molecule has 2 aromatic rings. The molecule has 6 heteroatoms. The molecule has 0 radical (unpaired) electrons. The molecule has 0 bridgehead atoms. The number of halogens is 1. The normalized spacial score (nSPS) is 21.9. The second kappa shape index (κ2) is 6.10. The van der Waals surface area contributed by atoms with E-state index in [2.05, 4.69) is 10.00 Å². The summed E-state index contributed by atoms with van der Waals surface area (Å²) in [6.45, 7) is 3.34. The average molecular weight is 320 g/mol. The molecular formula is C16H18ClN3O2. The second-order valence-electron chi connectivity index (χ2n) is 5.52. The van der Waals surface area contributed by atoms with Crippen molar-refractivity contribution in [2.45, 2.75) is 19.1 Å². The van der Waals surface area contributed by atoms with Gasteiger partial charge in [0.1, 0.15) is 11.1 Å². The summed E-state index contributed by atoms with van der Waals surface area (Å²) in [5, 5.41) is 4.28. The van der Waals surface area contributed by atoms with Gasteiger partial charge in [-0.15, -0.1) is 0 Å². The SMILES string of the molecule is C[C@@H]1CN(c2cnn(C)c(=O)c2Cl)C[C@@H](c2ccccc2)O1. The highest BCUT2D eigenvalue weighted by Gasteiger charge is 2.28. The number of anilines is 1. The summed E-state index contributed by atoms with van der Waals surface area (Å²) in [6, 6.07) is 10.1. The number of nitrogens with zero attached hydrogens (tertiary/aromatic N) is 3. The van der Waals surface area contributed by atoms with Crippen molar-refractivity contribution in [2.75, 3.05) is 18.0 Å². The molecule has 0 spiro atoms. The number of hydrogen-bond donors (Lipinski definition) is 0. The van der Waals surface area contributed by atoms with Gasteiger partial charge >= 0.3 is 0 Å². The Hall–Kier alpha value is -1.85. The third-order valence-corrected chi connectivity index (χ3v) is 4.19. The molecule has 2 atom stereocenters. The van der Waals surface area contributed by atoms with E-state index in [9.17, 15) is 4.79 Å². The van der Waals surface area contributed by atoms with Crippen LogP contribution in [0.25, 0.3) is 0 Å². The first-order chi connectivity index (χ1) is 10.6. The summed E-state index contributed by atoms with van der Waals surface area (Å²) >= 11 is 6.22. The molecule has 1 saturated heterocycles. The number of rotatable bonds is 2. The first kappa shape index (κ1) is 15.1. The lowest BCUT2D eigenvalue weighted by molar-refractivity contribution is -0.0174. The van der Waals surface area contributed by atoms with Gasteiger partial charge in [-0.1, -0.05) is 41.9 Å². The Morgan fingerprint density at radius 1 is 1.27 bits per heavy atom. The van der Waals surface area contributed by atoms with Gasteiger partial charge < -0.3 is 9.64 Å². The van der Waals surface area contributed by atoms with Gasteiger partial charge in [-0.05, 0) is 12.5 Å². The first-order valence-electron chi connectivity index (χ1n) is 7.23. The zero-order valence-corrected chi connectivity index (χ0v) is 13.3. The van der Waals surface area contributed by atoms with Gasteiger partial charge in [0.05, 0.1) is 18.0 Å². The maximum atomic E-state index is 12.0. The monoisotopic (exact) mass is 319 g/mol. The van der Waals surface area contributed by atoms with E-state index in [0.717, 1.165) is 5.56 Å². The van der Waals surface area contributed by atoms with E-state index >= 15 is 0 Å². The lowest BCUT2D eigenvalue weighted by Gasteiger charge is -2.38. The highest BCUT2D eigenvalue weighted by molar-refractivity contribution is 6.33. The van der Waals surface area contributed by atoms with Crippen molar-refractivity contribution < 1.29 is 4.74 Å². The van der Waals surface area contributed by atoms with Gasteiger partial charge in [0.25, 0.3) is 5.56 Å². The maximum Gasteiger partial charge on any atom is 0.287 e. The van der Waals surface area contributed by atoms with Gasteiger partial charge in [-0.25, -0.2) is 4.68 Å². The molecule has 1 aliphatic rings. The van der Waals surface area contributed by atoms with Crippen LogP contribution in [-0.4, -0.2) is 29.0 Å². The Labute approximate surface area is 134 Å². The van der Waals surface area contributed by atoms with Crippen LogP contribution in [0.3, 0.4) is 0 Å². The Morgan fingerprint density at radius 3 is 2.73 bits per heavy atom. The number of benzene rings is 1. The van der Waals surface area contributed by atoms with E-state index in [-0.39, 0.29) is 22.8 Å². The molecule has 0 amide bonds. The van der Waals surface area contributed by atoms with E-state index in [1.54, 1.807) is 13.2 Å². The lowest BCUT2D eigenvalue weighted by Crippen LogP contribution is -2.43. The van der Waals surface area contributed by atoms with Crippen molar-refractivity contribution in [3.8, 4) is 0 Å². The van der Waals surface area contributed by atoms with Crippen LogP contribution >= 0.6 is 11.6 Å². The van der Waals surface area contributed by atoms with Crippen LogP contribution < -0.4 is 10.5 Å². The third-order valence-electron chi connectivity index (χ3n) is 3.83. The molecule has 0 saturated carbocycles. The predicted molar refractivity (Wildman–Crippen MR) is 86.4 cm³/mol. The standard InChI is InChI=1S/C16H18ClN3O2/c1-11-9-20(13-8-18-19(2)16(21)15(13)17)10-14(22-11)12-6-4-3-5-7-12/h3-8,11,14H,9-10H2,1-2H3/t11-,14+/m1/s1. The molecule has 1 aromatic heterocycles. The van der Waals surface area contributed by atoms with Crippen molar-refractivity contribution in [3.63, 3.8) is 0 Å². The Morgan fingerprint density at radius 2 is 2.00 bits per heavy atom. The fourth-order valence-corrected chi connectivity index (χ4v) is 3.01. The molecule has 1 fully saturated rings. The first-order valence-corrected chi connectivity index (χ1v) is 7.61. The van der Waals surface area contributed by atoms with Crippen LogP contribution in [0.5, 0.6) is 0 Å². The predicted octanol–water partition coefficient (Wildman–Crippen LogP) is 2.40. The molecule has 0 N–H and O–H groups in total. The van der Waals surface area contributed by atoms with Crippen molar-refractivity contribution in [2.24, 2.45) is 7.05 Å². The largest absolute Gasteiger partial charge is 0.367 e. The minimum Gasteiger partial charge on any atom is -0.367 e. The summed E-state index contributed by atoms with van der Waals surface area (Å²) in [4.78, 5) is 14.0. The molecule has 0 aliphatic carbocycles. The van der Waals surface area contributed by atoms with E-state index in [1.807, 2.05) is 37.3 Å². The minimum absolute atomic E-state index is 0.0408. The molecular weight excluding hydrogens is 302 g/mol. The van der Waals surface area contributed by atoms with Crippen LogP contribution in [0.4, 0.5) is 5.69 Å². The lowest BCUT2D eigenvalue weighted by atomic mass is 10.1. The number of aromatic nitrogens is 2. The van der Waals surface area contributed by atoms with E-state index in [0.29, 0.717) is 18.8 Å². The van der Waals surface area contributed by atoms with Crippen LogP contribution in [0.15, 0.2) is 41.3 Å². The average Bonchev–Trinajstić information content (AvgIpc) is 2.53. The summed E-state index contributed by atoms with van der Waals surface area (Å²) in [5.41, 5.74) is 1.50. The third kappa shape index (κ3) is 2.87. The van der Waals surface area contributed by atoms with Crippen LogP contribution in [-0.2, 0) is 11.8 Å². The summed E-state index contributed by atoms with van der Waals surface area (Å²) in [5.74, 6) is 0. The molecule has 1 aromatic carbocycles. The Kier molecular flexibility index (Phi) is 4.18. The quantitative estimate of drug-likeness (QED) is 0.853. The topological polar surface area (TPSA) is 47.4 Å². The summed E-state index contributed by atoms with van der Waals surface area (Å²) in [6.07, 6.45) is 1.63. The maximum absolute atomic E-state index is 12.0. The Bertz CT molecular complexity index is 717. The molecule has 2 heterocycles. The molecule has 116 valence electrons. The van der Waals surface area contributed by atoms with E-state index in [4.69, 9.17) is 16.3 Å². The highest BCUT2D eigenvalue weighted by atomic mass is 35.5. The second-order valence-corrected chi connectivity index (χ2v) is 5.90. The highest BCUT2D eigenvalue weighted by Crippen LogP contribution is 2.30. The van der Waals surface area contributed by atoms with Crippen molar-refractivity contribution >= 4 is 17.3 Å². The molecule has 1 aliphatic heterocycles. The van der Waals surface area contributed by atoms with Gasteiger partial charge in [0, 0.05) is 20.1 Å². The van der Waals surface area contributed by atoms with E-state index < -0.39 is 0 Å². The Balaban J connectivity index is 1.92. The van der Waals surface area contributed by atoms with Gasteiger partial charge in [-0.3, -0.25) is 4.79 Å². The van der Waals surface area contributed by atoms with Crippen LogP contribution in [0.2, 0.25) is 5.02 Å². The van der Waals surface area contributed by atoms with Crippen molar-refractivity contribution in [1.29, 1.82) is 0 Å².